The fourth-order valence-corrected chi connectivity index (χ4v) is 3.48. The summed E-state index contributed by atoms with van der Waals surface area (Å²) in [5, 5.41) is 9.32. The van der Waals surface area contributed by atoms with Crippen molar-refractivity contribution in [3.8, 4) is 0 Å². The lowest BCUT2D eigenvalue weighted by Crippen LogP contribution is -2.59. The first-order valence-corrected chi connectivity index (χ1v) is 7.36. The van der Waals surface area contributed by atoms with Gasteiger partial charge < -0.3 is 10.0 Å². The highest BCUT2D eigenvalue weighted by Crippen LogP contribution is 2.29. The molecule has 0 amide bonds. The van der Waals surface area contributed by atoms with Crippen LogP contribution in [0.4, 0.5) is 5.69 Å². The van der Waals surface area contributed by atoms with E-state index in [1.807, 2.05) is 12.1 Å². The number of aromatic carboxylic acids is 1. The fourth-order valence-electron chi connectivity index (χ4n) is 3.48. The van der Waals surface area contributed by atoms with Crippen LogP contribution in [0.1, 0.15) is 36.7 Å². The molecule has 0 aromatic carbocycles. The summed E-state index contributed by atoms with van der Waals surface area (Å²) in [5.41, 5.74) is 0.932. The van der Waals surface area contributed by atoms with Crippen molar-refractivity contribution in [3.63, 3.8) is 0 Å². The van der Waals surface area contributed by atoms with Gasteiger partial charge in [-0.05, 0) is 38.4 Å². The topological polar surface area (TPSA) is 56.7 Å². The standard InChI is InChI=1S/C15H21N3O2/c1-11-9-17-8-3-2-5-12(17)10-18(11)13-6-4-7-16-14(13)15(19)20/h4,6-7,11-12H,2-3,5,8-10H2,1H3,(H,19,20). The van der Waals surface area contributed by atoms with E-state index in [1.54, 1.807) is 6.20 Å². The molecule has 0 spiro atoms. The molecule has 1 N–H and O–H groups in total. The molecule has 108 valence electrons. The zero-order chi connectivity index (χ0) is 14.1. The molecule has 2 aliphatic heterocycles. The number of hydrogen-bond acceptors (Lipinski definition) is 4. The molecule has 20 heavy (non-hydrogen) atoms. The van der Waals surface area contributed by atoms with Gasteiger partial charge in [0.25, 0.3) is 0 Å². The van der Waals surface area contributed by atoms with Crippen LogP contribution in [0.25, 0.3) is 0 Å². The Balaban J connectivity index is 1.88. The van der Waals surface area contributed by atoms with E-state index >= 15 is 0 Å². The second-order valence-corrected chi connectivity index (χ2v) is 5.82. The minimum absolute atomic E-state index is 0.170. The minimum Gasteiger partial charge on any atom is -0.476 e. The van der Waals surface area contributed by atoms with E-state index in [9.17, 15) is 9.90 Å². The van der Waals surface area contributed by atoms with Crippen molar-refractivity contribution in [2.24, 2.45) is 0 Å². The highest BCUT2D eigenvalue weighted by atomic mass is 16.4. The number of rotatable bonds is 2. The fraction of sp³-hybridized carbons (Fsp3) is 0.600. The normalized spacial score (nSPS) is 27.1. The Hall–Kier alpha value is -1.62. The molecule has 1 aromatic heterocycles. The van der Waals surface area contributed by atoms with Crippen molar-refractivity contribution in [1.29, 1.82) is 0 Å². The van der Waals surface area contributed by atoms with Crippen molar-refractivity contribution in [2.45, 2.75) is 38.3 Å². The SMILES string of the molecule is CC1CN2CCCCC2CN1c1cccnc1C(=O)O. The highest BCUT2D eigenvalue weighted by Gasteiger charge is 2.34. The van der Waals surface area contributed by atoms with E-state index in [0.29, 0.717) is 12.1 Å². The Morgan fingerprint density at radius 2 is 2.25 bits per heavy atom. The van der Waals surface area contributed by atoms with Crippen molar-refractivity contribution in [3.05, 3.63) is 24.0 Å². The maximum Gasteiger partial charge on any atom is 0.356 e. The summed E-state index contributed by atoms with van der Waals surface area (Å²) in [5.74, 6) is -0.945. The van der Waals surface area contributed by atoms with Crippen LogP contribution < -0.4 is 4.90 Å². The average molecular weight is 275 g/mol. The van der Waals surface area contributed by atoms with Gasteiger partial charge in [-0.25, -0.2) is 9.78 Å². The van der Waals surface area contributed by atoms with E-state index < -0.39 is 5.97 Å². The van der Waals surface area contributed by atoms with Crippen LogP contribution in [0.3, 0.4) is 0 Å². The third-order valence-corrected chi connectivity index (χ3v) is 4.49. The molecule has 2 aliphatic rings. The maximum atomic E-state index is 11.4. The van der Waals surface area contributed by atoms with Crippen LogP contribution in [-0.2, 0) is 0 Å². The molecule has 2 fully saturated rings. The molecule has 0 aliphatic carbocycles. The molecule has 0 radical (unpaired) electrons. The quantitative estimate of drug-likeness (QED) is 0.892. The first-order valence-electron chi connectivity index (χ1n) is 7.36. The van der Waals surface area contributed by atoms with Crippen molar-refractivity contribution in [2.75, 3.05) is 24.5 Å². The number of pyridine rings is 1. The van der Waals surface area contributed by atoms with Gasteiger partial charge in [0, 0.05) is 31.4 Å². The smallest absolute Gasteiger partial charge is 0.356 e. The van der Waals surface area contributed by atoms with Gasteiger partial charge in [0.15, 0.2) is 5.69 Å². The summed E-state index contributed by atoms with van der Waals surface area (Å²) in [4.78, 5) is 20.2. The van der Waals surface area contributed by atoms with Crippen LogP contribution in [0, 0.1) is 0 Å². The summed E-state index contributed by atoms with van der Waals surface area (Å²) in [6, 6.07) is 4.58. The van der Waals surface area contributed by atoms with E-state index in [-0.39, 0.29) is 5.69 Å². The van der Waals surface area contributed by atoms with Gasteiger partial charge in [0.2, 0.25) is 0 Å². The van der Waals surface area contributed by atoms with Crippen LogP contribution >= 0.6 is 0 Å². The Labute approximate surface area is 119 Å². The first kappa shape index (κ1) is 13.4. The van der Waals surface area contributed by atoms with Gasteiger partial charge in [-0.1, -0.05) is 6.42 Å². The molecule has 5 heteroatoms. The second kappa shape index (κ2) is 5.40. The van der Waals surface area contributed by atoms with Gasteiger partial charge in [0.1, 0.15) is 0 Å². The van der Waals surface area contributed by atoms with E-state index in [2.05, 4.69) is 21.7 Å². The summed E-state index contributed by atoms with van der Waals surface area (Å²) >= 11 is 0. The lowest BCUT2D eigenvalue weighted by molar-refractivity contribution is 0.0689. The van der Waals surface area contributed by atoms with Crippen LogP contribution in [0.5, 0.6) is 0 Å². The lowest BCUT2D eigenvalue weighted by Gasteiger charge is -2.48. The van der Waals surface area contributed by atoms with Crippen LogP contribution in [0.15, 0.2) is 18.3 Å². The Morgan fingerprint density at radius 3 is 3.05 bits per heavy atom. The van der Waals surface area contributed by atoms with Crippen LogP contribution in [0.2, 0.25) is 0 Å². The molecule has 3 rings (SSSR count). The molecule has 1 aromatic rings. The van der Waals surface area contributed by atoms with Crippen molar-refractivity contribution < 1.29 is 9.90 Å². The van der Waals surface area contributed by atoms with Gasteiger partial charge in [-0.2, -0.15) is 0 Å². The number of fused-ring (bicyclic) bond motifs is 1. The highest BCUT2D eigenvalue weighted by molar-refractivity contribution is 5.92. The summed E-state index contributed by atoms with van der Waals surface area (Å²) in [6.45, 7) is 5.27. The molecule has 3 heterocycles. The third-order valence-electron chi connectivity index (χ3n) is 4.49. The number of carbonyl (C=O) groups is 1. The number of piperidine rings is 1. The minimum atomic E-state index is -0.945. The van der Waals surface area contributed by atoms with Gasteiger partial charge >= 0.3 is 5.97 Å². The average Bonchev–Trinajstić information content (AvgIpc) is 2.46. The molecule has 0 saturated carbocycles. The largest absolute Gasteiger partial charge is 0.476 e. The maximum absolute atomic E-state index is 11.4. The number of anilines is 1. The first-order chi connectivity index (χ1) is 9.66. The van der Waals surface area contributed by atoms with E-state index in [1.165, 1.54) is 25.8 Å². The molecule has 2 saturated heterocycles. The van der Waals surface area contributed by atoms with Crippen molar-refractivity contribution in [1.82, 2.24) is 9.88 Å². The van der Waals surface area contributed by atoms with Crippen molar-refractivity contribution >= 4 is 11.7 Å². The molecule has 2 unspecified atom stereocenters. The predicted molar refractivity (Wildman–Crippen MR) is 77.2 cm³/mol. The number of aromatic nitrogens is 1. The Bertz CT molecular complexity index is 506. The number of nitrogens with zero attached hydrogens (tertiary/aromatic N) is 3. The number of piperazine rings is 1. The summed E-state index contributed by atoms with van der Waals surface area (Å²) < 4.78 is 0. The van der Waals surface area contributed by atoms with E-state index in [0.717, 1.165) is 18.8 Å². The Morgan fingerprint density at radius 1 is 1.40 bits per heavy atom. The van der Waals surface area contributed by atoms with Gasteiger partial charge in [0.05, 0.1) is 5.69 Å². The lowest BCUT2D eigenvalue weighted by atomic mass is 9.96. The molecule has 0 bridgehead atoms. The zero-order valence-corrected chi connectivity index (χ0v) is 11.8. The summed E-state index contributed by atoms with van der Waals surface area (Å²) in [7, 11) is 0. The van der Waals surface area contributed by atoms with Crippen LogP contribution in [-0.4, -0.2) is 52.7 Å². The third kappa shape index (κ3) is 2.38. The summed E-state index contributed by atoms with van der Waals surface area (Å²) in [6.07, 6.45) is 5.33. The van der Waals surface area contributed by atoms with Gasteiger partial charge in [-0.3, -0.25) is 4.90 Å². The zero-order valence-electron chi connectivity index (χ0n) is 11.8. The molecule has 2 atom stereocenters. The number of carboxylic acid groups (broad SMARTS) is 1. The van der Waals surface area contributed by atoms with E-state index in [4.69, 9.17) is 0 Å². The Kier molecular flexibility index (Phi) is 3.61. The predicted octanol–water partition coefficient (Wildman–Crippen LogP) is 1.84. The monoisotopic (exact) mass is 275 g/mol. The molecular formula is C15H21N3O2. The molecule has 5 nitrogen and oxygen atoms in total. The number of hydrogen-bond donors (Lipinski definition) is 1. The second-order valence-electron chi connectivity index (χ2n) is 5.82. The van der Waals surface area contributed by atoms with Gasteiger partial charge in [-0.15, -0.1) is 0 Å². The molecular weight excluding hydrogens is 254 g/mol. The number of carboxylic acids is 1.